The van der Waals surface area contributed by atoms with Gasteiger partial charge in [-0.25, -0.2) is 13.4 Å². The number of amides is 1. The highest BCUT2D eigenvalue weighted by Gasteiger charge is 2.32. The van der Waals surface area contributed by atoms with Crippen molar-refractivity contribution in [3.05, 3.63) is 66.1 Å². The number of hydrogen-bond acceptors (Lipinski definition) is 9. The van der Waals surface area contributed by atoms with Crippen LogP contribution in [-0.4, -0.2) is 98.2 Å². The fourth-order valence-corrected chi connectivity index (χ4v) is 7.64. The maximum absolute atomic E-state index is 14.3. The first-order chi connectivity index (χ1) is 22.6. The molecular formula is C33H47N5O8S2. The quantitative estimate of drug-likeness (QED) is 0.339. The maximum Gasteiger partial charge on any atom is 0.280 e. The number of rotatable bonds is 9. The highest BCUT2D eigenvalue weighted by atomic mass is 32.2. The van der Waals surface area contributed by atoms with Crippen LogP contribution in [0.3, 0.4) is 0 Å². The van der Waals surface area contributed by atoms with Crippen LogP contribution in [0.25, 0.3) is 0 Å². The van der Waals surface area contributed by atoms with Crippen molar-refractivity contribution in [1.82, 2.24) is 18.8 Å². The number of ether oxygens (including phenoxy) is 2. The minimum absolute atomic E-state index is 0.0441. The number of aliphatic hydroxyl groups is 1. The van der Waals surface area contributed by atoms with E-state index in [2.05, 4.69) is 9.71 Å². The highest BCUT2D eigenvalue weighted by molar-refractivity contribution is 7.92. The van der Waals surface area contributed by atoms with Gasteiger partial charge < -0.3 is 24.0 Å². The molecule has 1 aliphatic heterocycles. The molecule has 0 unspecified atom stereocenters. The third kappa shape index (κ3) is 9.14. The molecule has 15 heteroatoms. The fourth-order valence-electron chi connectivity index (χ4n) is 5.43. The number of aryl methyl sites for hydroxylation is 2. The number of fused-ring (bicyclic) bond motifs is 1. The van der Waals surface area contributed by atoms with Crippen LogP contribution in [0.1, 0.15) is 56.0 Å². The van der Waals surface area contributed by atoms with E-state index < -0.39 is 38.1 Å². The Morgan fingerprint density at radius 1 is 1.10 bits per heavy atom. The number of likely N-dealkylation sites (N-methyl/N-ethyl adjacent to an activating group) is 1. The molecule has 4 atom stereocenters. The molecule has 48 heavy (non-hydrogen) atoms. The Morgan fingerprint density at radius 3 is 2.46 bits per heavy atom. The van der Waals surface area contributed by atoms with E-state index in [1.54, 1.807) is 44.3 Å². The predicted octanol–water partition coefficient (Wildman–Crippen LogP) is 3.65. The summed E-state index contributed by atoms with van der Waals surface area (Å²) in [7, 11) is -4.70. The number of aromatic nitrogens is 2. The van der Waals surface area contributed by atoms with Gasteiger partial charge in [0.05, 0.1) is 41.6 Å². The monoisotopic (exact) mass is 705 g/mol. The van der Waals surface area contributed by atoms with Crippen molar-refractivity contribution in [3.63, 3.8) is 0 Å². The van der Waals surface area contributed by atoms with E-state index in [-0.39, 0.29) is 58.6 Å². The lowest BCUT2D eigenvalue weighted by molar-refractivity contribution is -0.00833. The third-order valence-electron chi connectivity index (χ3n) is 8.43. The Morgan fingerprint density at radius 2 is 1.81 bits per heavy atom. The Balaban J connectivity index is 1.67. The van der Waals surface area contributed by atoms with Gasteiger partial charge in [0.15, 0.2) is 5.03 Å². The molecule has 0 fully saturated rings. The first-order valence-electron chi connectivity index (χ1n) is 16.0. The number of aliphatic hydroxyl groups excluding tert-OH is 1. The fraction of sp³-hybridized carbons (Fsp3) is 0.515. The van der Waals surface area contributed by atoms with E-state index in [4.69, 9.17) is 9.47 Å². The van der Waals surface area contributed by atoms with E-state index in [1.807, 2.05) is 20.8 Å². The van der Waals surface area contributed by atoms with Gasteiger partial charge in [0.2, 0.25) is 10.0 Å². The number of benzene rings is 2. The summed E-state index contributed by atoms with van der Waals surface area (Å²) in [6.45, 7) is 7.56. The second-order valence-corrected chi connectivity index (χ2v) is 16.3. The van der Waals surface area contributed by atoms with E-state index in [0.29, 0.717) is 19.4 Å². The molecule has 0 radical (unpaired) electrons. The summed E-state index contributed by atoms with van der Waals surface area (Å²) in [6.07, 6.45) is 4.01. The summed E-state index contributed by atoms with van der Waals surface area (Å²) in [5, 5.41) is 10.0. The number of hydrogen-bond donors (Lipinski definition) is 2. The molecule has 2 heterocycles. The van der Waals surface area contributed by atoms with Crippen LogP contribution in [0.4, 0.5) is 5.69 Å². The lowest BCUT2D eigenvalue weighted by Gasteiger charge is -2.35. The molecule has 1 aliphatic rings. The number of carbonyl (C=O) groups is 1. The van der Waals surface area contributed by atoms with Crippen LogP contribution < -0.4 is 9.46 Å². The largest absolute Gasteiger partial charge is 0.490 e. The Kier molecular flexibility index (Phi) is 12.3. The van der Waals surface area contributed by atoms with Gasteiger partial charge in [0.25, 0.3) is 15.9 Å². The van der Waals surface area contributed by atoms with Crippen LogP contribution in [-0.2, 0) is 31.8 Å². The van der Waals surface area contributed by atoms with Gasteiger partial charge in [-0.2, -0.15) is 12.7 Å². The van der Waals surface area contributed by atoms with Gasteiger partial charge in [-0.15, -0.1) is 0 Å². The van der Waals surface area contributed by atoms with Crippen molar-refractivity contribution in [2.75, 3.05) is 38.1 Å². The van der Waals surface area contributed by atoms with Gasteiger partial charge in [-0.3, -0.25) is 9.52 Å². The normalized spacial score (nSPS) is 20.9. The Labute approximate surface area is 284 Å². The Bertz CT molecular complexity index is 1760. The SMILES string of the molecule is Cc1ccc(S(=O)(=O)N(C)C[C@H]2OCCCC[C@@H](C)Oc3ccc(NS(=O)(=O)c4cn(C)cn4)cc3C(=O)N([C@H](C)CO)C[C@@H]2C)cc1. The van der Waals surface area contributed by atoms with Gasteiger partial charge >= 0.3 is 0 Å². The number of sulfonamides is 2. The number of imidazole rings is 1. The third-order valence-corrected chi connectivity index (χ3v) is 11.5. The molecule has 0 saturated heterocycles. The molecule has 0 spiro atoms. The van der Waals surface area contributed by atoms with Crippen molar-refractivity contribution in [1.29, 1.82) is 0 Å². The highest BCUT2D eigenvalue weighted by Crippen LogP contribution is 2.29. The van der Waals surface area contributed by atoms with Gasteiger partial charge in [-0.1, -0.05) is 24.6 Å². The van der Waals surface area contributed by atoms with Crippen molar-refractivity contribution >= 4 is 31.6 Å². The van der Waals surface area contributed by atoms with Crippen LogP contribution in [0.5, 0.6) is 5.75 Å². The smallest absolute Gasteiger partial charge is 0.280 e. The zero-order chi connectivity index (χ0) is 35.2. The molecule has 1 amide bonds. The lowest BCUT2D eigenvalue weighted by atomic mass is 10.0. The van der Waals surface area contributed by atoms with E-state index in [9.17, 15) is 26.7 Å². The van der Waals surface area contributed by atoms with Crippen molar-refractivity contribution < 1.29 is 36.2 Å². The molecule has 13 nitrogen and oxygen atoms in total. The number of carbonyl (C=O) groups excluding carboxylic acids is 1. The average molecular weight is 706 g/mol. The van der Waals surface area contributed by atoms with E-state index in [1.165, 1.54) is 45.5 Å². The molecule has 1 aromatic heterocycles. The number of anilines is 1. The maximum atomic E-state index is 14.3. The van der Waals surface area contributed by atoms with E-state index in [0.717, 1.165) is 12.0 Å². The topological polar surface area (TPSA) is 160 Å². The standard InChI is InChI=1S/C33H47N5O8S2/c1-23-10-13-28(14-11-23)48(43,44)37(6)19-31-24(2)18-38(25(3)21-39)33(40)29-17-27(35-47(41,42)32-20-36(5)22-34-32)12-15-30(29)46-26(4)9-7-8-16-45-31/h10-15,17,20,22,24-26,31,35,39H,7-9,16,18-19,21H2,1-6H3/t24-,25+,26+,31+/m0/s1. The predicted molar refractivity (Wildman–Crippen MR) is 182 cm³/mol. The van der Waals surface area contributed by atoms with E-state index >= 15 is 0 Å². The minimum Gasteiger partial charge on any atom is -0.490 e. The van der Waals surface area contributed by atoms with Gasteiger partial charge in [0.1, 0.15) is 5.75 Å². The molecule has 0 bridgehead atoms. The van der Waals surface area contributed by atoms with Crippen LogP contribution in [0, 0.1) is 12.8 Å². The molecular weight excluding hydrogens is 659 g/mol. The molecule has 3 aromatic rings. The second kappa shape index (κ2) is 15.8. The number of nitrogens with one attached hydrogen (secondary N) is 1. The molecule has 2 aromatic carbocycles. The summed E-state index contributed by atoms with van der Waals surface area (Å²) in [5.74, 6) is -0.568. The van der Waals surface area contributed by atoms with Crippen molar-refractivity contribution in [3.8, 4) is 5.75 Å². The summed E-state index contributed by atoms with van der Waals surface area (Å²) in [4.78, 5) is 19.9. The summed E-state index contributed by atoms with van der Waals surface area (Å²) >= 11 is 0. The van der Waals surface area contributed by atoms with Gasteiger partial charge in [-0.05, 0) is 70.4 Å². The zero-order valence-corrected chi connectivity index (χ0v) is 30.0. The Hall–Kier alpha value is -3.50. The van der Waals surface area contributed by atoms with Crippen LogP contribution in [0.2, 0.25) is 0 Å². The average Bonchev–Trinajstić information content (AvgIpc) is 3.49. The molecule has 4 rings (SSSR count). The zero-order valence-electron chi connectivity index (χ0n) is 28.4. The number of nitrogens with zero attached hydrogens (tertiary/aromatic N) is 4. The van der Waals surface area contributed by atoms with Crippen molar-refractivity contribution in [2.45, 2.75) is 75.1 Å². The summed E-state index contributed by atoms with van der Waals surface area (Å²) < 4.78 is 70.8. The summed E-state index contributed by atoms with van der Waals surface area (Å²) in [5.41, 5.74) is 1.20. The molecule has 0 saturated carbocycles. The minimum atomic E-state index is -4.05. The van der Waals surface area contributed by atoms with Crippen LogP contribution >= 0.6 is 0 Å². The van der Waals surface area contributed by atoms with Gasteiger partial charge in [0, 0.05) is 51.6 Å². The second-order valence-electron chi connectivity index (χ2n) is 12.6. The lowest BCUT2D eigenvalue weighted by Crippen LogP contribution is -2.48. The molecule has 264 valence electrons. The molecule has 0 aliphatic carbocycles. The van der Waals surface area contributed by atoms with Crippen LogP contribution in [0.15, 0.2) is 64.9 Å². The first-order valence-corrected chi connectivity index (χ1v) is 18.9. The molecule has 2 N–H and O–H groups in total. The first kappa shape index (κ1) is 37.3. The van der Waals surface area contributed by atoms with Crippen molar-refractivity contribution in [2.24, 2.45) is 13.0 Å². The summed E-state index contributed by atoms with van der Waals surface area (Å²) in [6, 6.07) is 10.5.